The monoisotopic (exact) mass is 420 g/mol. The molecule has 4 rings (SSSR count). The van der Waals surface area contributed by atoms with Crippen molar-refractivity contribution in [1.82, 2.24) is 0 Å². The van der Waals surface area contributed by atoms with Gasteiger partial charge in [0.2, 0.25) is 0 Å². The van der Waals surface area contributed by atoms with Crippen LogP contribution in [0.15, 0.2) is 53.4 Å². The highest BCUT2D eigenvalue weighted by Crippen LogP contribution is 2.60. The van der Waals surface area contributed by atoms with E-state index < -0.39 is 15.7 Å². The molecular weight excluding hydrogens is 396 g/mol. The molecule has 1 heterocycles. The van der Waals surface area contributed by atoms with Gasteiger partial charge < -0.3 is 4.74 Å². The number of fused-ring (bicyclic) bond motifs is 1. The molecule has 0 bridgehead atoms. The highest BCUT2D eigenvalue weighted by molar-refractivity contribution is 7.86. The summed E-state index contributed by atoms with van der Waals surface area (Å²) in [5.74, 6) is 0.209. The predicted octanol–water partition coefficient (Wildman–Crippen LogP) is 4.78. The van der Waals surface area contributed by atoms with Crippen LogP contribution in [0.25, 0.3) is 0 Å². The molecule has 4 nitrogen and oxygen atoms in total. The van der Waals surface area contributed by atoms with E-state index in [4.69, 9.17) is 20.5 Å². The molecule has 2 aromatic rings. The van der Waals surface area contributed by atoms with Crippen molar-refractivity contribution in [2.45, 2.75) is 43.6 Å². The van der Waals surface area contributed by atoms with Crippen LogP contribution >= 0.6 is 11.6 Å². The normalized spacial score (nSPS) is 29.3. The number of ether oxygens (including phenoxy) is 1. The quantitative estimate of drug-likeness (QED) is 0.631. The smallest absolute Gasteiger partial charge is 0.297 e. The number of hydrogen-bond acceptors (Lipinski definition) is 4. The van der Waals surface area contributed by atoms with E-state index >= 15 is 0 Å². The van der Waals surface area contributed by atoms with E-state index in [-0.39, 0.29) is 22.8 Å². The predicted molar refractivity (Wildman–Crippen MR) is 109 cm³/mol. The van der Waals surface area contributed by atoms with E-state index in [0.717, 1.165) is 24.8 Å². The topological polar surface area (TPSA) is 52.6 Å². The lowest BCUT2D eigenvalue weighted by molar-refractivity contribution is -0.271. The summed E-state index contributed by atoms with van der Waals surface area (Å²) >= 11 is 6.00. The molecule has 1 saturated heterocycles. The lowest BCUT2D eigenvalue weighted by atomic mass is 9.68. The summed E-state index contributed by atoms with van der Waals surface area (Å²) < 4.78 is 37.0. The zero-order valence-corrected chi connectivity index (χ0v) is 17.7. The van der Waals surface area contributed by atoms with Crippen molar-refractivity contribution in [1.29, 1.82) is 0 Å². The summed E-state index contributed by atoms with van der Waals surface area (Å²) in [6.45, 7) is 4.81. The summed E-state index contributed by atoms with van der Waals surface area (Å²) in [6, 6.07) is 14.5. The summed E-state index contributed by atoms with van der Waals surface area (Å²) in [5.41, 5.74) is 1.57. The second-order valence-corrected chi connectivity index (χ2v) is 10.4. The third-order valence-corrected chi connectivity index (χ3v) is 8.04. The molecular formula is C22H25ClO4S. The Bertz CT molecular complexity index is 955. The lowest BCUT2D eigenvalue weighted by Gasteiger charge is -2.55. The standard InChI is InChI=1S/C22H25ClO4S/c1-16-3-9-20(10-4-16)28(24,25)27-15-22-18(11-12-21(22,2)14-26-22)13-17-5-7-19(23)8-6-17/h3-10,18H,11-15H2,1-2H3/t18-,21+,22+/m1/s1. The van der Waals surface area contributed by atoms with Crippen LogP contribution in [-0.2, 0) is 25.5 Å². The van der Waals surface area contributed by atoms with Crippen LogP contribution < -0.4 is 0 Å². The van der Waals surface area contributed by atoms with Crippen LogP contribution in [0.4, 0.5) is 0 Å². The van der Waals surface area contributed by atoms with Gasteiger partial charge in [-0.05, 0) is 61.9 Å². The van der Waals surface area contributed by atoms with Crippen molar-refractivity contribution >= 4 is 21.7 Å². The van der Waals surface area contributed by atoms with E-state index in [1.54, 1.807) is 24.3 Å². The van der Waals surface area contributed by atoms with Crippen molar-refractivity contribution in [3.05, 3.63) is 64.7 Å². The molecule has 2 fully saturated rings. The molecule has 0 aromatic heterocycles. The number of benzene rings is 2. The van der Waals surface area contributed by atoms with Crippen LogP contribution in [0.3, 0.4) is 0 Å². The minimum atomic E-state index is -3.82. The first-order valence-electron chi connectivity index (χ1n) is 9.59. The molecule has 0 amide bonds. The SMILES string of the molecule is Cc1ccc(S(=O)(=O)OC[C@@]23OC[C@]2(C)CC[C@@H]3Cc2ccc(Cl)cc2)cc1. The first-order chi connectivity index (χ1) is 13.2. The number of hydrogen-bond donors (Lipinski definition) is 0. The van der Waals surface area contributed by atoms with Gasteiger partial charge >= 0.3 is 0 Å². The second kappa shape index (κ2) is 7.13. The van der Waals surface area contributed by atoms with Gasteiger partial charge in [0, 0.05) is 10.4 Å². The number of aryl methyl sites for hydroxylation is 1. The number of rotatable bonds is 6. The number of halogens is 1. The van der Waals surface area contributed by atoms with Crippen LogP contribution in [0, 0.1) is 18.3 Å². The molecule has 0 N–H and O–H groups in total. The summed E-state index contributed by atoms with van der Waals surface area (Å²) in [5, 5.41) is 0.710. The maximum atomic E-state index is 12.7. The average Bonchev–Trinajstić information content (AvgIpc) is 2.84. The Balaban J connectivity index is 1.53. The molecule has 1 saturated carbocycles. The van der Waals surface area contributed by atoms with Gasteiger partial charge in [-0.2, -0.15) is 8.42 Å². The van der Waals surface area contributed by atoms with E-state index in [0.29, 0.717) is 11.6 Å². The molecule has 1 aliphatic carbocycles. The molecule has 28 heavy (non-hydrogen) atoms. The van der Waals surface area contributed by atoms with E-state index in [1.165, 1.54) is 5.56 Å². The van der Waals surface area contributed by atoms with Crippen LogP contribution in [0.2, 0.25) is 5.02 Å². The fourth-order valence-corrected chi connectivity index (χ4v) is 5.63. The van der Waals surface area contributed by atoms with Crippen molar-refractivity contribution < 1.29 is 17.3 Å². The largest absolute Gasteiger partial charge is 0.371 e. The highest BCUT2D eigenvalue weighted by atomic mass is 35.5. The molecule has 2 aliphatic rings. The van der Waals surface area contributed by atoms with E-state index in [2.05, 4.69) is 6.92 Å². The Kier molecular flexibility index (Phi) is 5.07. The zero-order chi connectivity index (χ0) is 20.0. The molecule has 6 heteroatoms. The Morgan fingerprint density at radius 2 is 1.82 bits per heavy atom. The van der Waals surface area contributed by atoms with Gasteiger partial charge in [-0.25, -0.2) is 0 Å². The lowest BCUT2D eigenvalue weighted by Crippen LogP contribution is -2.64. The van der Waals surface area contributed by atoms with Crippen molar-refractivity contribution in [2.24, 2.45) is 11.3 Å². The average molecular weight is 421 g/mol. The third-order valence-electron chi connectivity index (χ3n) is 6.51. The van der Waals surface area contributed by atoms with Gasteiger partial charge in [0.05, 0.1) is 18.1 Å². The van der Waals surface area contributed by atoms with Gasteiger partial charge in [0.1, 0.15) is 5.60 Å². The zero-order valence-electron chi connectivity index (χ0n) is 16.2. The van der Waals surface area contributed by atoms with Crippen LogP contribution in [0.1, 0.15) is 30.9 Å². The van der Waals surface area contributed by atoms with E-state index in [1.807, 2.05) is 31.2 Å². The summed E-state index contributed by atoms with van der Waals surface area (Å²) in [6.07, 6.45) is 2.83. The molecule has 0 radical (unpaired) electrons. The van der Waals surface area contributed by atoms with Gasteiger partial charge in [-0.3, -0.25) is 4.18 Å². The second-order valence-electron chi connectivity index (χ2n) is 8.33. The molecule has 0 unspecified atom stereocenters. The van der Waals surface area contributed by atoms with Crippen LogP contribution in [-0.4, -0.2) is 27.2 Å². The minimum Gasteiger partial charge on any atom is -0.371 e. The van der Waals surface area contributed by atoms with Gasteiger partial charge in [-0.15, -0.1) is 0 Å². The third kappa shape index (κ3) is 3.39. The molecule has 0 spiro atoms. The highest BCUT2D eigenvalue weighted by Gasteiger charge is 2.65. The van der Waals surface area contributed by atoms with E-state index in [9.17, 15) is 8.42 Å². The fraction of sp³-hybridized carbons (Fsp3) is 0.455. The van der Waals surface area contributed by atoms with Crippen molar-refractivity contribution in [2.75, 3.05) is 13.2 Å². The Labute approximate surface area is 171 Å². The molecule has 1 aliphatic heterocycles. The minimum absolute atomic E-state index is 0.0487. The molecule has 3 atom stereocenters. The van der Waals surface area contributed by atoms with Crippen LogP contribution in [0.5, 0.6) is 0 Å². The Hall–Kier alpha value is -1.40. The fourth-order valence-electron chi connectivity index (χ4n) is 4.57. The molecule has 2 aromatic carbocycles. The van der Waals surface area contributed by atoms with Crippen molar-refractivity contribution in [3.63, 3.8) is 0 Å². The first-order valence-corrected chi connectivity index (χ1v) is 11.4. The summed E-state index contributed by atoms with van der Waals surface area (Å²) in [4.78, 5) is 0.183. The van der Waals surface area contributed by atoms with Gasteiger partial charge in [-0.1, -0.05) is 48.4 Å². The van der Waals surface area contributed by atoms with Crippen molar-refractivity contribution in [3.8, 4) is 0 Å². The maximum Gasteiger partial charge on any atom is 0.297 e. The molecule has 150 valence electrons. The van der Waals surface area contributed by atoms with Gasteiger partial charge in [0.25, 0.3) is 10.1 Å². The first kappa shape index (κ1) is 19.9. The Morgan fingerprint density at radius 3 is 2.43 bits per heavy atom. The Morgan fingerprint density at radius 1 is 1.14 bits per heavy atom. The summed E-state index contributed by atoms with van der Waals surface area (Å²) in [7, 11) is -3.82. The van der Waals surface area contributed by atoms with Gasteiger partial charge in [0.15, 0.2) is 0 Å². The maximum absolute atomic E-state index is 12.7.